The normalized spacial score (nSPS) is 9.89. The van der Waals surface area contributed by atoms with Crippen LogP contribution in [0.3, 0.4) is 0 Å². The molecule has 0 aliphatic rings. The number of methoxy groups -OCH3 is 1. The van der Waals surface area contributed by atoms with Gasteiger partial charge < -0.3 is 10.1 Å². The first-order valence-electron chi connectivity index (χ1n) is 5.27. The number of rotatable bonds is 3. The van der Waals surface area contributed by atoms with Crippen molar-refractivity contribution in [3.05, 3.63) is 54.0 Å². The molecule has 1 amide bonds. The Morgan fingerprint density at radius 3 is 2.78 bits per heavy atom. The van der Waals surface area contributed by atoms with Gasteiger partial charge in [0.05, 0.1) is 12.8 Å². The highest BCUT2D eigenvalue weighted by Gasteiger charge is 2.14. The van der Waals surface area contributed by atoms with Crippen molar-refractivity contribution in [3.8, 4) is 5.88 Å². The van der Waals surface area contributed by atoms with Crippen LogP contribution in [0.4, 0.5) is 10.1 Å². The van der Waals surface area contributed by atoms with Crippen LogP contribution >= 0.6 is 0 Å². The third-order valence-electron chi connectivity index (χ3n) is 2.33. The molecule has 1 N–H and O–H groups in total. The van der Waals surface area contributed by atoms with Crippen molar-refractivity contribution in [2.75, 3.05) is 12.4 Å². The molecule has 1 aromatic carbocycles. The first-order valence-corrected chi connectivity index (χ1v) is 5.27. The minimum absolute atomic E-state index is 0.119. The summed E-state index contributed by atoms with van der Waals surface area (Å²) in [5.41, 5.74) is 0.372. The Kier molecular flexibility index (Phi) is 3.52. The number of hydrogen-bond acceptors (Lipinski definition) is 3. The molecule has 0 fully saturated rings. The number of pyridine rings is 1. The Hall–Kier alpha value is -2.43. The van der Waals surface area contributed by atoms with E-state index in [1.54, 1.807) is 24.3 Å². The zero-order valence-electron chi connectivity index (χ0n) is 9.68. The number of benzene rings is 1. The Labute approximate surface area is 103 Å². The molecule has 1 aromatic heterocycles. The van der Waals surface area contributed by atoms with Gasteiger partial charge in [-0.3, -0.25) is 4.79 Å². The van der Waals surface area contributed by atoms with E-state index in [9.17, 15) is 9.18 Å². The minimum Gasteiger partial charge on any atom is -0.480 e. The van der Waals surface area contributed by atoms with Gasteiger partial charge in [0, 0.05) is 6.20 Å². The number of anilines is 1. The summed E-state index contributed by atoms with van der Waals surface area (Å²) in [6, 6.07) is 9.11. The van der Waals surface area contributed by atoms with E-state index in [0.717, 1.165) is 0 Å². The first-order chi connectivity index (χ1) is 8.72. The molecule has 0 radical (unpaired) electrons. The average molecular weight is 246 g/mol. The Bertz CT molecular complexity index is 572. The fourth-order valence-electron chi connectivity index (χ4n) is 1.48. The molecule has 0 spiro atoms. The van der Waals surface area contributed by atoms with E-state index in [4.69, 9.17) is 4.74 Å². The largest absolute Gasteiger partial charge is 0.480 e. The summed E-state index contributed by atoms with van der Waals surface area (Å²) in [6.07, 6.45) is 1.51. The van der Waals surface area contributed by atoms with Crippen molar-refractivity contribution in [1.29, 1.82) is 0 Å². The van der Waals surface area contributed by atoms with Gasteiger partial charge in [0.2, 0.25) is 5.88 Å². The standard InChI is InChI=1S/C13H11FN2O2/c1-18-13-9(5-4-8-15-13)12(17)16-11-7-3-2-6-10(11)14/h2-8H,1H3,(H,16,17). The number of nitrogens with zero attached hydrogens (tertiary/aromatic N) is 1. The predicted molar refractivity (Wildman–Crippen MR) is 65.1 cm³/mol. The molecule has 0 aliphatic heterocycles. The lowest BCUT2D eigenvalue weighted by atomic mass is 10.2. The minimum atomic E-state index is -0.492. The second-order valence-corrected chi connectivity index (χ2v) is 3.49. The van der Waals surface area contributed by atoms with Crippen LogP contribution in [0.15, 0.2) is 42.6 Å². The zero-order valence-corrected chi connectivity index (χ0v) is 9.68. The number of carbonyl (C=O) groups is 1. The van der Waals surface area contributed by atoms with Crippen molar-refractivity contribution in [2.24, 2.45) is 0 Å². The Morgan fingerprint density at radius 1 is 1.28 bits per heavy atom. The number of carbonyl (C=O) groups excluding carboxylic acids is 1. The summed E-state index contributed by atoms with van der Waals surface area (Å²) in [5, 5.41) is 2.47. The second kappa shape index (κ2) is 5.27. The van der Waals surface area contributed by atoms with Crippen LogP contribution in [0.25, 0.3) is 0 Å². The molecule has 4 nitrogen and oxygen atoms in total. The summed E-state index contributed by atoms with van der Waals surface area (Å²) in [6.45, 7) is 0. The summed E-state index contributed by atoms with van der Waals surface area (Å²) in [5.74, 6) is -0.759. The SMILES string of the molecule is COc1ncccc1C(=O)Nc1ccccc1F. The van der Waals surface area contributed by atoms with E-state index in [0.29, 0.717) is 0 Å². The number of aromatic nitrogens is 1. The monoisotopic (exact) mass is 246 g/mol. The van der Waals surface area contributed by atoms with E-state index in [-0.39, 0.29) is 17.1 Å². The summed E-state index contributed by atoms with van der Waals surface area (Å²) in [7, 11) is 1.42. The van der Waals surface area contributed by atoms with Gasteiger partial charge in [0.15, 0.2) is 0 Å². The third-order valence-corrected chi connectivity index (χ3v) is 2.33. The zero-order chi connectivity index (χ0) is 13.0. The van der Waals surface area contributed by atoms with Crippen molar-refractivity contribution < 1.29 is 13.9 Å². The van der Waals surface area contributed by atoms with E-state index in [1.807, 2.05) is 0 Å². The molecule has 0 saturated carbocycles. The number of halogens is 1. The molecule has 1 heterocycles. The molecule has 0 unspecified atom stereocenters. The van der Waals surface area contributed by atoms with Gasteiger partial charge in [-0.05, 0) is 24.3 Å². The maximum absolute atomic E-state index is 13.4. The highest BCUT2D eigenvalue weighted by Crippen LogP contribution is 2.18. The lowest BCUT2D eigenvalue weighted by molar-refractivity contribution is 0.102. The molecule has 0 saturated heterocycles. The Balaban J connectivity index is 2.25. The van der Waals surface area contributed by atoms with Gasteiger partial charge in [0.25, 0.3) is 5.91 Å². The highest BCUT2D eigenvalue weighted by molar-refractivity contribution is 6.05. The fraction of sp³-hybridized carbons (Fsp3) is 0.0769. The van der Waals surface area contributed by atoms with Crippen molar-refractivity contribution in [2.45, 2.75) is 0 Å². The van der Waals surface area contributed by atoms with Gasteiger partial charge in [-0.15, -0.1) is 0 Å². The van der Waals surface area contributed by atoms with E-state index >= 15 is 0 Å². The number of amides is 1. The number of hydrogen-bond donors (Lipinski definition) is 1. The average Bonchev–Trinajstić information content (AvgIpc) is 2.41. The lowest BCUT2D eigenvalue weighted by Crippen LogP contribution is -2.14. The molecular formula is C13H11FN2O2. The van der Waals surface area contributed by atoms with Gasteiger partial charge >= 0.3 is 0 Å². The smallest absolute Gasteiger partial charge is 0.261 e. The number of ether oxygens (including phenoxy) is 1. The maximum Gasteiger partial charge on any atom is 0.261 e. The molecule has 18 heavy (non-hydrogen) atoms. The summed E-state index contributed by atoms with van der Waals surface area (Å²) >= 11 is 0. The van der Waals surface area contributed by atoms with Crippen LogP contribution in [0, 0.1) is 5.82 Å². The van der Waals surface area contributed by atoms with E-state index in [1.165, 1.54) is 25.4 Å². The van der Waals surface area contributed by atoms with Crippen LogP contribution in [0.5, 0.6) is 5.88 Å². The van der Waals surface area contributed by atoms with Gasteiger partial charge in [0.1, 0.15) is 11.4 Å². The van der Waals surface area contributed by atoms with Gasteiger partial charge in [-0.25, -0.2) is 9.37 Å². The van der Waals surface area contributed by atoms with E-state index in [2.05, 4.69) is 10.3 Å². The molecule has 5 heteroatoms. The van der Waals surface area contributed by atoms with Crippen molar-refractivity contribution in [3.63, 3.8) is 0 Å². The quantitative estimate of drug-likeness (QED) is 0.905. The molecule has 92 valence electrons. The molecule has 0 bridgehead atoms. The van der Waals surface area contributed by atoms with Gasteiger partial charge in [-0.1, -0.05) is 12.1 Å². The molecule has 0 aliphatic carbocycles. The van der Waals surface area contributed by atoms with Crippen LogP contribution in [0.1, 0.15) is 10.4 Å². The highest BCUT2D eigenvalue weighted by atomic mass is 19.1. The molecule has 0 atom stereocenters. The van der Waals surface area contributed by atoms with Crippen molar-refractivity contribution >= 4 is 11.6 Å². The van der Waals surface area contributed by atoms with E-state index < -0.39 is 11.7 Å². The predicted octanol–water partition coefficient (Wildman–Crippen LogP) is 2.48. The summed E-state index contributed by atoms with van der Waals surface area (Å²) in [4.78, 5) is 15.9. The van der Waals surface area contributed by atoms with Crippen molar-refractivity contribution in [1.82, 2.24) is 4.98 Å². The lowest BCUT2D eigenvalue weighted by Gasteiger charge is -2.08. The second-order valence-electron chi connectivity index (χ2n) is 3.49. The fourth-order valence-corrected chi connectivity index (χ4v) is 1.48. The number of nitrogens with one attached hydrogen (secondary N) is 1. The topological polar surface area (TPSA) is 51.2 Å². The Morgan fingerprint density at radius 2 is 2.06 bits per heavy atom. The third kappa shape index (κ3) is 2.45. The van der Waals surface area contributed by atoms with Crippen LogP contribution in [-0.4, -0.2) is 18.0 Å². The molecule has 2 aromatic rings. The van der Waals surface area contributed by atoms with Crippen LogP contribution < -0.4 is 10.1 Å². The molecule has 2 rings (SSSR count). The first kappa shape index (κ1) is 12.0. The molecular weight excluding hydrogens is 235 g/mol. The maximum atomic E-state index is 13.4. The van der Waals surface area contributed by atoms with Gasteiger partial charge in [-0.2, -0.15) is 0 Å². The van der Waals surface area contributed by atoms with Crippen LogP contribution in [-0.2, 0) is 0 Å². The number of para-hydroxylation sites is 1. The van der Waals surface area contributed by atoms with Crippen LogP contribution in [0.2, 0.25) is 0 Å². The summed E-state index contributed by atoms with van der Waals surface area (Å²) < 4.78 is 18.4.